The summed E-state index contributed by atoms with van der Waals surface area (Å²) in [6.45, 7) is 6.68. The Hall–Kier alpha value is -1.62. The maximum atomic E-state index is 13.1. The highest BCUT2D eigenvalue weighted by Gasteiger charge is 2.32. The van der Waals surface area contributed by atoms with Crippen molar-refractivity contribution in [1.29, 1.82) is 0 Å². The van der Waals surface area contributed by atoms with E-state index in [-0.39, 0.29) is 35.2 Å². The van der Waals surface area contributed by atoms with Crippen molar-refractivity contribution in [3.8, 4) is 0 Å². The van der Waals surface area contributed by atoms with Gasteiger partial charge in [-0.05, 0) is 32.0 Å². The zero-order chi connectivity index (χ0) is 21.2. The highest BCUT2D eigenvalue weighted by Crippen LogP contribution is 2.38. The maximum absolute atomic E-state index is 13.1. The zero-order valence-electron chi connectivity index (χ0n) is 16.9. The first-order valence-electron chi connectivity index (χ1n) is 9.65. The second-order valence-electron chi connectivity index (χ2n) is 7.50. The standard InChI is InChI=1S/C19H27N3O5S2/c1-13(2)20-18(23)11-22-16-10-15(29(25,26)21-6-8-27-9-7-21)4-5-17(16)28-12-14(3)19(22)24/h4-5,10,13-14H,6-9,11-12H2,1-3H3,(H,20,23)/t14-/m1/s1. The van der Waals surface area contributed by atoms with Gasteiger partial charge in [0.25, 0.3) is 0 Å². The molecule has 0 aromatic heterocycles. The summed E-state index contributed by atoms with van der Waals surface area (Å²) in [4.78, 5) is 27.6. The quantitative estimate of drug-likeness (QED) is 0.740. The molecule has 1 N–H and O–H groups in total. The van der Waals surface area contributed by atoms with Gasteiger partial charge in [0.15, 0.2) is 0 Å². The van der Waals surface area contributed by atoms with Crippen LogP contribution in [0.1, 0.15) is 20.8 Å². The zero-order valence-corrected chi connectivity index (χ0v) is 18.5. The minimum Gasteiger partial charge on any atom is -0.379 e. The lowest BCUT2D eigenvalue weighted by atomic mass is 10.1. The molecule has 0 radical (unpaired) electrons. The van der Waals surface area contributed by atoms with Gasteiger partial charge in [0.1, 0.15) is 6.54 Å². The Morgan fingerprint density at radius 3 is 2.66 bits per heavy atom. The van der Waals surface area contributed by atoms with Crippen LogP contribution in [0.15, 0.2) is 28.0 Å². The molecule has 0 unspecified atom stereocenters. The molecule has 2 amide bonds. The Labute approximate surface area is 176 Å². The topological polar surface area (TPSA) is 96.0 Å². The summed E-state index contributed by atoms with van der Waals surface area (Å²) >= 11 is 1.50. The minimum absolute atomic E-state index is 0.0520. The first-order chi connectivity index (χ1) is 13.7. The lowest BCUT2D eigenvalue weighted by Crippen LogP contribution is -2.44. The molecule has 8 nitrogen and oxygen atoms in total. The molecule has 1 saturated heterocycles. The minimum atomic E-state index is -3.70. The molecule has 0 aliphatic carbocycles. The number of nitrogens with one attached hydrogen (secondary N) is 1. The number of thioether (sulfide) groups is 1. The fraction of sp³-hybridized carbons (Fsp3) is 0.579. The van der Waals surface area contributed by atoms with Crippen LogP contribution in [-0.2, 0) is 24.3 Å². The van der Waals surface area contributed by atoms with Gasteiger partial charge in [0, 0.05) is 35.7 Å². The van der Waals surface area contributed by atoms with Gasteiger partial charge >= 0.3 is 0 Å². The van der Waals surface area contributed by atoms with Crippen molar-refractivity contribution in [3.63, 3.8) is 0 Å². The Morgan fingerprint density at radius 1 is 1.31 bits per heavy atom. The third-order valence-corrected chi connectivity index (χ3v) is 7.97. The van der Waals surface area contributed by atoms with Gasteiger partial charge in [0.2, 0.25) is 21.8 Å². The average molecular weight is 442 g/mol. The number of hydrogen-bond acceptors (Lipinski definition) is 6. The number of ether oxygens (including phenoxy) is 1. The van der Waals surface area contributed by atoms with Crippen LogP contribution in [0.5, 0.6) is 0 Å². The highest BCUT2D eigenvalue weighted by molar-refractivity contribution is 7.99. The van der Waals surface area contributed by atoms with Crippen LogP contribution in [0.25, 0.3) is 0 Å². The molecule has 3 rings (SSSR count). The summed E-state index contributed by atoms with van der Waals surface area (Å²) in [5.74, 6) is -0.168. The van der Waals surface area contributed by atoms with Crippen LogP contribution >= 0.6 is 11.8 Å². The SMILES string of the molecule is CC(C)NC(=O)CN1C(=O)[C@H](C)CSc2ccc(S(=O)(=O)N3CCOCC3)cc21. The van der Waals surface area contributed by atoms with Gasteiger partial charge in [0.05, 0.1) is 23.8 Å². The van der Waals surface area contributed by atoms with Crippen molar-refractivity contribution >= 4 is 39.3 Å². The number of sulfonamides is 1. The Morgan fingerprint density at radius 2 is 2.00 bits per heavy atom. The molecule has 0 spiro atoms. The second kappa shape index (κ2) is 9.03. The van der Waals surface area contributed by atoms with E-state index in [9.17, 15) is 18.0 Å². The van der Waals surface area contributed by atoms with E-state index in [1.165, 1.54) is 27.0 Å². The van der Waals surface area contributed by atoms with E-state index in [1.54, 1.807) is 12.1 Å². The van der Waals surface area contributed by atoms with Gasteiger partial charge in [-0.3, -0.25) is 9.59 Å². The fourth-order valence-electron chi connectivity index (χ4n) is 3.27. The molecule has 1 atom stereocenters. The number of morpholine rings is 1. The fourth-order valence-corrected chi connectivity index (χ4v) is 5.75. The maximum Gasteiger partial charge on any atom is 0.243 e. The Balaban J connectivity index is 1.98. The van der Waals surface area contributed by atoms with E-state index in [1.807, 2.05) is 20.8 Å². The predicted molar refractivity (Wildman–Crippen MR) is 112 cm³/mol. The van der Waals surface area contributed by atoms with Gasteiger partial charge in [-0.2, -0.15) is 4.31 Å². The summed E-state index contributed by atoms with van der Waals surface area (Å²) in [6, 6.07) is 4.77. The number of carbonyl (C=O) groups excluding carboxylic acids is 2. The molecule has 0 bridgehead atoms. The molecule has 2 aliphatic heterocycles. The normalized spacial score (nSPS) is 21.0. The summed E-state index contributed by atoms with van der Waals surface area (Å²) < 4.78 is 32.8. The van der Waals surface area contributed by atoms with Crippen LogP contribution in [0, 0.1) is 5.92 Å². The van der Waals surface area contributed by atoms with Crippen molar-refractivity contribution in [2.45, 2.75) is 36.6 Å². The first kappa shape index (κ1) is 22.1. The first-order valence-corrected chi connectivity index (χ1v) is 12.1. The molecule has 0 saturated carbocycles. The molecule has 2 aliphatic rings. The summed E-state index contributed by atoms with van der Waals surface area (Å²) in [5.41, 5.74) is 0.470. The smallest absolute Gasteiger partial charge is 0.243 e. The number of rotatable bonds is 5. The molecule has 2 heterocycles. The molecule has 10 heteroatoms. The number of carbonyl (C=O) groups is 2. The summed E-state index contributed by atoms with van der Waals surface area (Å²) in [5, 5.41) is 2.79. The lowest BCUT2D eigenvalue weighted by molar-refractivity contribution is -0.125. The van der Waals surface area contributed by atoms with Crippen molar-refractivity contribution in [2.24, 2.45) is 5.92 Å². The third kappa shape index (κ3) is 4.93. The average Bonchev–Trinajstić information content (AvgIpc) is 2.80. The predicted octanol–water partition coefficient (Wildman–Crippen LogP) is 1.31. The second-order valence-corrected chi connectivity index (χ2v) is 10.5. The number of amides is 2. The van der Waals surface area contributed by atoms with E-state index in [2.05, 4.69) is 5.32 Å². The van der Waals surface area contributed by atoms with E-state index in [0.29, 0.717) is 37.7 Å². The van der Waals surface area contributed by atoms with Crippen molar-refractivity contribution in [2.75, 3.05) is 43.5 Å². The van der Waals surface area contributed by atoms with E-state index < -0.39 is 10.0 Å². The number of fused-ring (bicyclic) bond motifs is 1. The van der Waals surface area contributed by atoms with Crippen LogP contribution < -0.4 is 10.2 Å². The van der Waals surface area contributed by atoms with Crippen LogP contribution in [-0.4, -0.2) is 69.2 Å². The number of hydrogen-bond donors (Lipinski definition) is 1. The Bertz CT molecular complexity index is 882. The van der Waals surface area contributed by atoms with Crippen LogP contribution in [0.2, 0.25) is 0 Å². The lowest BCUT2D eigenvalue weighted by Gasteiger charge is -2.28. The Kier molecular flexibility index (Phi) is 6.87. The molecular formula is C19H27N3O5S2. The molecule has 1 aromatic carbocycles. The van der Waals surface area contributed by atoms with Gasteiger partial charge in [-0.15, -0.1) is 11.8 Å². The molecular weight excluding hydrogens is 414 g/mol. The molecule has 1 aromatic rings. The molecule has 1 fully saturated rings. The third-order valence-electron chi connectivity index (χ3n) is 4.76. The number of nitrogens with zero attached hydrogens (tertiary/aromatic N) is 2. The van der Waals surface area contributed by atoms with E-state index in [0.717, 1.165) is 4.90 Å². The van der Waals surface area contributed by atoms with Crippen molar-refractivity contribution in [3.05, 3.63) is 18.2 Å². The summed E-state index contributed by atoms with van der Waals surface area (Å²) in [7, 11) is -3.70. The van der Waals surface area contributed by atoms with Crippen molar-refractivity contribution in [1.82, 2.24) is 9.62 Å². The van der Waals surface area contributed by atoms with Crippen LogP contribution in [0.3, 0.4) is 0 Å². The van der Waals surface area contributed by atoms with Gasteiger partial charge in [-0.25, -0.2) is 8.42 Å². The monoisotopic (exact) mass is 441 g/mol. The van der Waals surface area contributed by atoms with Gasteiger partial charge in [-0.1, -0.05) is 6.92 Å². The molecule has 160 valence electrons. The van der Waals surface area contributed by atoms with Crippen molar-refractivity contribution < 1.29 is 22.7 Å². The summed E-state index contributed by atoms with van der Waals surface area (Å²) in [6.07, 6.45) is 0. The molecule has 29 heavy (non-hydrogen) atoms. The highest BCUT2D eigenvalue weighted by atomic mass is 32.2. The van der Waals surface area contributed by atoms with E-state index in [4.69, 9.17) is 4.74 Å². The van der Waals surface area contributed by atoms with Crippen LogP contribution in [0.4, 0.5) is 5.69 Å². The number of benzene rings is 1. The van der Waals surface area contributed by atoms with Gasteiger partial charge < -0.3 is 15.0 Å². The largest absolute Gasteiger partial charge is 0.379 e. The number of anilines is 1. The van der Waals surface area contributed by atoms with E-state index >= 15 is 0 Å².